The Morgan fingerprint density at radius 3 is 2.50 bits per heavy atom. The van der Waals surface area contributed by atoms with E-state index in [-0.39, 0.29) is 5.69 Å². The predicted octanol–water partition coefficient (Wildman–Crippen LogP) is 2.21. The van der Waals surface area contributed by atoms with Crippen molar-refractivity contribution >= 4 is 11.6 Å². The Kier molecular flexibility index (Phi) is 2.63. The number of benzene rings is 1. The van der Waals surface area contributed by atoms with Gasteiger partial charge in [-0.05, 0) is 12.1 Å². The standard InChI is InChI=1S/C10H6F2N2O2/c11-6-2-1-3-7(12)9(6)13-10(15)8-4-5-16-14-8/h1-5H,(H,13,15). The number of para-hydroxylation sites is 1. The van der Waals surface area contributed by atoms with Crippen LogP contribution in [0.1, 0.15) is 10.5 Å². The van der Waals surface area contributed by atoms with Gasteiger partial charge in [0.1, 0.15) is 23.6 Å². The van der Waals surface area contributed by atoms with Gasteiger partial charge in [-0.3, -0.25) is 4.79 Å². The quantitative estimate of drug-likeness (QED) is 0.850. The van der Waals surface area contributed by atoms with Crippen LogP contribution >= 0.6 is 0 Å². The maximum Gasteiger partial charge on any atom is 0.277 e. The molecule has 2 aromatic rings. The summed E-state index contributed by atoms with van der Waals surface area (Å²) in [5.74, 6) is -2.44. The van der Waals surface area contributed by atoms with Gasteiger partial charge < -0.3 is 9.84 Å². The van der Waals surface area contributed by atoms with Crippen molar-refractivity contribution in [1.82, 2.24) is 5.16 Å². The average molecular weight is 224 g/mol. The number of nitrogens with one attached hydrogen (secondary N) is 1. The van der Waals surface area contributed by atoms with Crippen LogP contribution in [0.15, 0.2) is 35.1 Å². The molecule has 1 aromatic carbocycles. The summed E-state index contributed by atoms with van der Waals surface area (Å²) in [4.78, 5) is 11.4. The molecule has 0 atom stereocenters. The highest BCUT2D eigenvalue weighted by Gasteiger charge is 2.14. The molecule has 0 saturated carbocycles. The van der Waals surface area contributed by atoms with Crippen LogP contribution in [0.4, 0.5) is 14.5 Å². The third-order valence-electron chi connectivity index (χ3n) is 1.87. The van der Waals surface area contributed by atoms with E-state index in [1.807, 2.05) is 0 Å². The topological polar surface area (TPSA) is 55.1 Å². The first-order valence-corrected chi connectivity index (χ1v) is 4.34. The maximum absolute atomic E-state index is 13.2. The van der Waals surface area contributed by atoms with Crippen molar-refractivity contribution in [3.05, 3.63) is 47.9 Å². The van der Waals surface area contributed by atoms with Gasteiger partial charge in [-0.2, -0.15) is 0 Å². The van der Waals surface area contributed by atoms with Crippen molar-refractivity contribution < 1.29 is 18.1 Å². The first-order chi connectivity index (χ1) is 7.68. The molecule has 4 nitrogen and oxygen atoms in total. The lowest BCUT2D eigenvalue weighted by molar-refractivity contribution is 0.101. The maximum atomic E-state index is 13.2. The normalized spacial score (nSPS) is 10.1. The van der Waals surface area contributed by atoms with Gasteiger partial charge in [-0.1, -0.05) is 11.2 Å². The minimum Gasteiger partial charge on any atom is -0.364 e. The molecule has 0 saturated heterocycles. The molecular formula is C10H6F2N2O2. The number of hydrogen-bond donors (Lipinski definition) is 1. The summed E-state index contributed by atoms with van der Waals surface area (Å²) in [7, 11) is 0. The minimum absolute atomic E-state index is 0.0531. The summed E-state index contributed by atoms with van der Waals surface area (Å²) in [5.41, 5.74) is -0.557. The number of halogens is 2. The van der Waals surface area contributed by atoms with Gasteiger partial charge in [0, 0.05) is 6.07 Å². The van der Waals surface area contributed by atoms with Crippen molar-refractivity contribution in [3.8, 4) is 0 Å². The molecule has 0 aliphatic rings. The van der Waals surface area contributed by atoms with Crippen LogP contribution in [-0.4, -0.2) is 11.1 Å². The molecule has 6 heteroatoms. The molecule has 82 valence electrons. The molecule has 1 heterocycles. The molecule has 2 rings (SSSR count). The number of carbonyl (C=O) groups excluding carboxylic acids is 1. The van der Waals surface area contributed by atoms with E-state index in [9.17, 15) is 13.6 Å². The molecule has 0 fully saturated rings. The zero-order valence-corrected chi connectivity index (χ0v) is 7.91. The summed E-state index contributed by atoms with van der Waals surface area (Å²) in [5, 5.41) is 5.41. The highest BCUT2D eigenvalue weighted by atomic mass is 19.1. The lowest BCUT2D eigenvalue weighted by Gasteiger charge is -2.04. The summed E-state index contributed by atoms with van der Waals surface area (Å²) in [6.45, 7) is 0. The van der Waals surface area contributed by atoms with E-state index in [1.165, 1.54) is 18.4 Å². The first kappa shape index (κ1) is 10.3. The summed E-state index contributed by atoms with van der Waals surface area (Å²) < 4.78 is 30.7. The Hall–Kier alpha value is -2.24. The second kappa shape index (κ2) is 4.09. The van der Waals surface area contributed by atoms with Gasteiger partial charge >= 0.3 is 0 Å². The van der Waals surface area contributed by atoms with Crippen LogP contribution in [0.25, 0.3) is 0 Å². The Balaban J connectivity index is 2.25. The van der Waals surface area contributed by atoms with Crippen molar-refractivity contribution in [1.29, 1.82) is 0 Å². The largest absolute Gasteiger partial charge is 0.364 e. The van der Waals surface area contributed by atoms with Crippen LogP contribution in [0.2, 0.25) is 0 Å². The van der Waals surface area contributed by atoms with Gasteiger partial charge in [0.15, 0.2) is 5.69 Å². The van der Waals surface area contributed by atoms with Gasteiger partial charge in [-0.15, -0.1) is 0 Å². The zero-order chi connectivity index (χ0) is 11.5. The highest BCUT2D eigenvalue weighted by molar-refractivity contribution is 6.02. The number of hydrogen-bond acceptors (Lipinski definition) is 3. The van der Waals surface area contributed by atoms with Crippen molar-refractivity contribution in [2.75, 3.05) is 5.32 Å². The molecular weight excluding hydrogens is 218 g/mol. The third-order valence-corrected chi connectivity index (χ3v) is 1.87. The Labute approximate surface area is 88.9 Å². The van der Waals surface area contributed by atoms with E-state index in [2.05, 4.69) is 15.0 Å². The zero-order valence-electron chi connectivity index (χ0n) is 7.91. The second-order valence-electron chi connectivity index (χ2n) is 2.94. The van der Waals surface area contributed by atoms with Gasteiger partial charge in [0.25, 0.3) is 5.91 Å². The third kappa shape index (κ3) is 1.90. The minimum atomic E-state index is -0.850. The van der Waals surface area contributed by atoms with E-state index < -0.39 is 23.2 Å². The van der Waals surface area contributed by atoms with Gasteiger partial charge in [0.05, 0.1) is 0 Å². The van der Waals surface area contributed by atoms with Crippen LogP contribution in [-0.2, 0) is 0 Å². The molecule has 0 radical (unpaired) electrons. The van der Waals surface area contributed by atoms with E-state index in [0.717, 1.165) is 12.1 Å². The molecule has 0 unspecified atom stereocenters. The van der Waals surface area contributed by atoms with Crippen molar-refractivity contribution in [2.45, 2.75) is 0 Å². The van der Waals surface area contributed by atoms with E-state index in [1.54, 1.807) is 0 Å². The van der Waals surface area contributed by atoms with E-state index >= 15 is 0 Å². The summed E-state index contributed by atoms with van der Waals surface area (Å²) in [6, 6.07) is 4.58. The fourth-order valence-electron chi connectivity index (χ4n) is 1.12. The predicted molar refractivity (Wildman–Crippen MR) is 50.8 cm³/mol. The molecule has 1 aromatic heterocycles. The SMILES string of the molecule is O=C(Nc1c(F)cccc1F)c1ccon1. The Bertz CT molecular complexity index is 491. The fraction of sp³-hybridized carbons (Fsp3) is 0. The molecule has 16 heavy (non-hydrogen) atoms. The number of amides is 1. The van der Waals surface area contributed by atoms with Crippen molar-refractivity contribution in [2.24, 2.45) is 0 Å². The molecule has 0 aliphatic heterocycles. The monoisotopic (exact) mass is 224 g/mol. The molecule has 1 amide bonds. The number of rotatable bonds is 2. The molecule has 1 N–H and O–H groups in total. The molecule has 0 aliphatic carbocycles. The smallest absolute Gasteiger partial charge is 0.277 e. The second-order valence-corrected chi connectivity index (χ2v) is 2.94. The van der Waals surface area contributed by atoms with Crippen molar-refractivity contribution in [3.63, 3.8) is 0 Å². The van der Waals surface area contributed by atoms with Gasteiger partial charge in [0.2, 0.25) is 0 Å². The first-order valence-electron chi connectivity index (χ1n) is 4.34. The van der Waals surface area contributed by atoms with Gasteiger partial charge in [-0.25, -0.2) is 8.78 Å². The van der Waals surface area contributed by atoms with Crippen LogP contribution < -0.4 is 5.32 Å². The van der Waals surface area contributed by atoms with Crippen LogP contribution in [0.5, 0.6) is 0 Å². The van der Waals surface area contributed by atoms with Crippen LogP contribution in [0.3, 0.4) is 0 Å². The summed E-state index contributed by atoms with van der Waals surface area (Å²) in [6.07, 6.45) is 1.19. The highest BCUT2D eigenvalue weighted by Crippen LogP contribution is 2.18. The van der Waals surface area contributed by atoms with E-state index in [4.69, 9.17) is 0 Å². The average Bonchev–Trinajstić information content (AvgIpc) is 2.76. The Morgan fingerprint density at radius 2 is 1.94 bits per heavy atom. The number of anilines is 1. The number of aromatic nitrogens is 1. The summed E-state index contributed by atoms with van der Waals surface area (Å²) >= 11 is 0. The lowest BCUT2D eigenvalue weighted by Crippen LogP contribution is -2.14. The molecule has 0 spiro atoms. The number of carbonyl (C=O) groups is 1. The molecule has 0 bridgehead atoms. The number of nitrogens with zero attached hydrogens (tertiary/aromatic N) is 1. The fourth-order valence-corrected chi connectivity index (χ4v) is 1.12. The Morgan fingerprint density at radius 1 is 1.25 bits per heavy atom. The van der Waals surface area contributed by atoms with Crippen LogP contribution in [0, 0.1) is 11.6 Å². The van der Waals surface area contributed by atoms with E-state index in [0.29, 0.717) is 0 Å². The lowest BCUT2D eigenvalue weighted by atomic mass is 10.3.